The normalized spacial score (nSPS) is 32.2. The van der Waals surface area contributed by atoms with Gasteiger partial charge in [0.2, 0.25) is 0 Å². The van der Waals surface area contributed by atoms with Crippen molar-refractivity contribution >= 4 is 0 Å². The standard InChI is InChI=1S/C15H22O/c1-2-12-11-16-15(12,13-7-3-4-8-13)14-9-5-6-10-14/h7,9,12H,2-6,8,10-11H2,1H3. The molecule has 3 rings (SSSR count). The van der Waals surface area contributed by atoms with E-state index in [1.807, 2.05) is 0 Å². The minimum Gasteiger partial charge on any atom is -0.365 e. The third-order valence-corrected chi connectivity index (χ3v) is 4.62. The van der Waals surface area contributed by atoms with Crippen LogP contribution in [-0.4, -0.2) is 12.2 Å². The molecule has 0 bridgehead atoms. The number of allylic oxidation sites excluding steroid dienone is 2. The van der Waals surface area contributed by atoms with Crippen molar-refractivity contribution < 1.29 is 4.74 Å². The molecular formula is C15H22O. The van der Waals surface area contributed by atoms with Gasteiger partial charge < -0.3 is 4.74 Å². The van der Waals surface area contributed by atoms with E-state index in [1.54, 1.807) is 11.1 Å². The van der Waals surface area contributed by atoms with Gasteiger partial charge in [0.15, 0.2) is 0 Å². The Morgan fingerprint density at radius 2 is 1.81 bits per heavy atom. The first-order valence-electron chi connectivity index (χ1n) is 6.91. The molecule has 1 aliphatic heterocycles. The molecule has 0 spiro atoms. The van der Waals surface area contributed by atoms with Crippen molar-refractivity contribution in [3.63, 3.8) is 0 Å². The van der Waals surface area contributed by atoms with Gasteiger partial charge in [-0.15, -0.1) is 0 Å². The zero-order chi connectivity index (χ0) is 11.0. The van der Waals surface area contributed by atoms with Crippen LogP contribution in [-0.2, 0) is 4.74 Å². The van der Waals surface area contributed by atoms with E-state index >= 15 is 0 Å². The molecule has 1 heteroatoms. The second kappa shape index (κ2) is 4.03. The van der Waals surface area contributed by atoms with E-state index < -0.39 is 0 Å². The molecule has 1 atom stereocenters. The van der Waals surface area contributed by atoms with Gasteiger partial charge in [-0.1, -0.05) is 19.1 Å². The van der Waals surface area contributed by atoms with Gasteiger partial charge in [-0.05, 0) is 56.1 Å². The maximum absolute atomic E-state index is 6.15. The molecule has 2 aliphatic carbocycles. The van der Waals surface area contributed by atoms with Crippen molar-refractivity contribution in [2.75, 3.05) is 6.61 Å². The minimum absolute atomic E-state index is 0.0712. The van der Waals surface area contributed by atoms with E-state index in [-0.39, 0.29) is 5.60 Å². The molecule has 0 aromatic heterocycles. The quantitative estimate of drug-likeness (QED) is 0.650. The molecule has 0 radical (unpaired) electrons. The fraction of sp³-hybridized carbons (Fsp3) is 0.733. The van der Waals surface area contributed by atoms with Crippen molar-refractivity contribution in [2.45, 2.75) is 57.5 Å². The Morgan fingerprint density at radius 1 is 1.19 bits per heavy atom. The molecule has 1 fully saturated rings. The third-order valence-electron chi connectivity index (χ3n) is 4.62. The van der Waals surface area contributed by atoms with Crippen molar-refractivity contribution in [3.05, 3.63) is 23.3 Å². The molecule has 1 saturated heterocycles. The first-order valence-corrected chi connectivity index (χ1v) is 6.91. The molecule has 0 saturated carbocycles. The van der Waals surface area contributed by atoms with Gasteiger partial charge in [-0.2, -0.15) is 0 Å². The lowest BCUT2D eigenvalue weighted by molar-refractivity contribution is -0.158. The topological polar surface area (TPSA) is 9.23 Å². The second-order valence-electron chi connectivity index (χ2n) is 5.40. The van der Waals surface area contributed by atoms with E-state index in [9.17, 15) is 0 Å². The molecule has 0 aromatic carbocycles. The van der Waals surface area contributed by atoms with Crippen LogP contribution in [0.5, 0.6) is 0 Å². The fourth-order valence-corrected chi connectivity index (χ4v) is 3.71. The average molecular weight is 218 g/mol. The smallest absolute Gasteiger partial charge is 0.115 e. The summed E-state index contributed by atoms with van der Waals surface area (Å²) in [5.41, 5.74) is 3.29. The average Bonchev–Trinajstić information content (AvgIpc) is 2.89. The van der Waals surface area contributed by atoms with Gasteiger partial charge in [0.05, 0.1) is 6.61 Å². The highest BCUT2D eigenvalue weighted by atomic mass is 16.5. The van der Waals surface area contributed by atoms with E-state index in [1.165, 1.54) is 44.9 Å². The molecule has 88 valence electrons. The summed E-state index contributed by atoms with van der Waals surface area (Å²) in [6.45, 7) is 3.29. The Labute approximate surface area is 98.6 Å². The van der Waals surface area contributed by atoms with Crippen molar-refractivity contribution in [3.8, 4) is 0 Å². The Bertz CT molecular complexity index is 311. The first-order chi connectivity index (χ1) is 7.88. The third kappa shape index (κ3) is 1.34. The Hall–Kier alpha value is -0.560. The summed E-state index contributed by atoms with van der Waals surface area (Å²) in [7, 11) is 0. The Morgan fingerprint density at radius 3 is 2.12 bits per heavy atom. The van der Waals surface area contributed by atoms with Crippen LogP contribution in [0.25, 0.3) is 0 Å². The lowest BCUT2D eigenvalue weighted by Crippen LogP contribution is -2.55. The largest absolute Gasteiger partial charge is 0.365 e. The highest BCUT2D eigenvalue weighted by Crippen LogP contribution is 2.52. The van der Waals surface area contributed by atoms with Crippen LogP contribution in [0.4, 0.5) is 0 Å². The van der Waals surface area contributed by atoms with Crippen LogP contribution in [0.3, 0.4) is 0 Å². The predicted molar refractivity (Wildman–Crippen MR) is 66.3 cm³/mol. The van der Waals surface area contributed by atoms with Crippen LogP contribution in [0, 0.1) is 5.92 Å². The second-order valence-corrected chi connectivity index (χ2v) is 5.40. The van der Waals surface area contributed by atoms with Gasteiger partial charge in [-0.3, -0.25) is 0 Å². The number of hydrogen-bond acceptors (Lipinski definition) is 1. The minimum atomic E-state index is 0.0712. The molecule has 1 heterocycles. The summed E-state index contributed by atoms with van der Waals surface area (Å²) in [4.78, 5) is 0. The van der Waals surface area contributed by atoms with E-state index in [0.29, 0.717) is 0 Å². The fourth-order valence-electron chi connectivity index (χ4n) is 3.71. The van der Waals surface area contributed by atoms with E-state index in [2.05, 4.69) is 19.1 Å². The summed E-state index contributed by atoms with van der Waals surface area (Å²) < 4.78 is 6.15. The first kappa shape index (κ1) is 10.6. The van der Waals surface area contributed by atoms with E-state index in [4.69, 9.17) is 4.74 Å². The molecule has 1 nitrogen and oxygen atoms in total. The van der Waals surface area contributed by atoms with Gasteiger partial charge in [0.25, 0.3) is 0 Å². The van der Waals surface area contributed by atoms with Crippen molar-refractivity contribution in [1.82, 2.24) is 0 Å². The summed E-state index contributed by atoms with van der Waals surface area (Å²) in [5.74, 6) is 0.751. The van der Waals surface area contributed by atoms with Crippen LogP contribution in [0.1, 0.15) is 51.9 Å². The zero-order valence-electron chi connectivity index (χ0n) is 10.3. The van der Waals surface area contributed by atoms with Gasteiger partial charge in [0, 0.05) is 5.92 Å². The van der Waals surface area contributed by atoms with Gasteiger partial charge >= 0.3 is 0 Å². The van der Waals surface area contributed by atoms with Crippen LogP contribution in [0.15, 0.2) is 23.3 Å². The molecular weight excluding hydrogens is 196 g/mol. The number of hydrogen-bond donors (Lipinski definition) is 0. The SMILES string of the molecule is CCC1COC1(C1=CCCC1)C1=CCCC1. The van der Waals surface area contributed by atoms with Crippen LogP contribution >= 0.6 is 0 Å². The van der Waals surface area contributed by atoms with Crippen molar-refractivity contribution in [1.29, 1.82) is 0 Å². The molecule has 1 unspecified atom stereocenters. The lowest BCUT2D eigenvalue weighted by atomic mass is 9.70. The summed E-state index contributed by atoms with van der Waals surface area (Å²) in [6, 6.07) is 0. The Kier molecular flexibility index (Phi) is 2.67. The maximum atomic E-state index is 6.15. The highest BCUT2D eigenvalue weighted by molar-refractivity contribution is 5.40. The monoisotopic (exact) mass is 218 g/mol. The summed E-state index contributed by atoms with van der Waals surface area (Å²) in [5, 5.41) is 0. The lowest BCUT2D eigenvalue weighted by Gasteiger charge is -2.52. The number of rotatable bonds is 3. The Balaban J connectivity index is 1.94. The molecule has 0 amide bonds. The van der Waals surface area contributed by atoms with Gasteiger partial charge in [-0.25, -0.2) is 0 Å². The van der Waals surface area contributed by atoms with Crippen molar-refractivity contribution in [2.24, 2.45) is 5.92 Å². The molecule has 16 heavy (non-hydrogen) atoms. The zero-order valence-corrected chi connectivity index (χ0v) is 10.3. The van der Waals surface area contributed by atoms with E-state index in [0.717, 1.165) is 12.5 Å². The summed E-state index contributed by atoms with van der Waals surface area (Å²) in [6.07, 6.45) is 13.9. The predicted octanol–water partition coefficient (Wildman–Crippen LogP) is 4.00. The van der Waals surface area contributed by atoms with Gasteiger partial charge in [0.1, 0.15) is 5.60 Å². The molecule has 0 N–H and O–H groups in total. The van der Waals surface area contributed by atoms with Crippen LogP contribution < -0.4 is 0 Å². The highest BCUT2D eigenvalue weighted by Gasteiger charge is 2.52. The molecule has 3 aliphatic rings. The molecule has 0 aromatic rings. The maximum Gasteiger partial charge on any atom is 0.115 e. The number of ether oxygens (including phenoxy) is 1. The summed E-state index contributed by atoms with van der Waals surface area (Å²) >= 11 is 0. The van der Waals surface area contributed by atoms with Crippen LogP contribution in [0.2, 0.25) is 0 Å².